The molecule has 2 aliphatic rings. The Morgan fingerprint density at radius 3 is 2.45 bits per heavy atom. The van der Waals surface area contributed by atoms with Gasteiger partial charge in [-0.3, -0.25) is 14.4 Å². The molecule has 0 aromatic carbocycles. The van der Waals surface area contributed by atoms with E-state index in [1.54, 1.807) is 19.1 Å². The molecule has 120 valence electrons. The minimum Gasteiger partial charge on any atom is -0.493 e. The van der Waals surface area contributed by atoms with Gasteiger partial charge < -0.3 is 14.2 Å². The number of rotatable bonds is 4. The van der Waals surface area contributed by atoms with Crippen LogP contribution in [0.15, 0.2) is 24.0 Å². The molecule has 0 bridgehead atoms. The van der Waals surface area contributed by atoms with Gasteiger partial charge in [-0.25, -0.2) is 0 Å². The third kappa shape index (κ3) is 2.37. The van der Waals surface area contributed by atoms with Crippen LogP contribution in [0, 0.1) is 17.3 Å². The quantitative estimate of drug-likeness (QED) is 0.571. The van der Waals surface area contributed by atoms with Crippen LogP contribution in [0.3, 0.4) is 0 Å². The third-order valence-corrected chi connectivity index (χ3v) is 4.60. The maximum atomic E-state index is 12.8. The van der Waals surface area contributed by atoms with E-state index in [1.165, 1.54) is 27.4 Å². The van der Waals surface area contributed by atoms with Crippen molar-refractivity contribution in [2.75, 3.05) is 21.3 Å². The molecule has 6 nitrogen and oxygen atoms in total. The van der Waals surface area contributed by atoms with Gasteiger partial charge in [0.2, 0.25) is 5.78 Å². The molecule has 4 atom stereocenters. The van der Waals surface area contributed by atoms with E-state index >= 15 is 0 Å². The van der Waals surface area contributed by atoms with E-state index in [9.17, 15) is 14.4 Å². The summed E-state index contributed by atoms with van der Waals surface area (Å²) in [5.74, 6) is -2.00. The Hall–Kier alpha value is -1.95. The largest absolute Gasteiger partial charge is 0.493 e. The van der Waals surface area contributed by atoms with Gasteiger partial charge >= 0.3 is 5.97 Å². The molecule has 0 N–H and O–H groups in total. The van der Waals surface area contributed by atoms with Crippen LogP contribution < -0.4 is 0 Å². The second-order valence-corrected chi connectivity index (χ2v) is 5.69. The summed E-state index contributed by atoms with van der Waals surface area (Å²) in [5.41, 5.74) is -1.10. The zero-order valence-corrected chi connectivity index (χ0v) is 13.1. The van der Waals surface area contributed by atoms with Gasteiger partial charge in [0.25, 0.3) is 0 Å². The predicted octanol–water partition coefficient (Wildman–Crippen LogP) is 1.06. The van der Waals surface area contributed by atoms with Gasteiger partial charge in [-0.1, -0.05) is 12.2 Å². The first kappa shape index (κ1) is 16.4. The summed E-state index contributed by atoms with van der Waals surface area (Å²) >= 11 is 0. The first-order valence-electron chi connectivity index (χ1n) is 7.02. The van der Waals surface area contributed by atoms with Gasteiger partial charge in [-0.15, -0.1) is 0 Å². The molecule has 2 rings (SSSR count). The fourth-order valence-corrected chi connectivity index (χ4v) is 3.44. The van der Waals surface area contributed by atoms with E-state index in [1.807, 2.05) is 0 Å². The van der Waals surface area contributed by atoms with Crippen LogP contribution in [0.25, 0.3) is 0 Å². The van der Waals surface area contributed by atoms with Crippen LogP contribution in [-0.4, -0.2) is 45.0 Å². The lowest BCUT2D eigenvalue weighted by molar-refractivity contribution is -0.153. The number of carbonyl (C=O) groups is 3. The second kappa shape index (κ2) is 6.04. The summed E-state index contributed by atoms with van der Waals surface area (Å²) in [5, 5.41) is 0. The average molecular weight is 308 g/mol. The Morgan fingerprint density at radius 1 is 1.23 bits per heavy atom. The number of hydrogen-bond donors (Lipinski definition) is 0. The highest BCUT2D eigenvalue weighted by Gasteiger charge is 2.57. The molecule has 0 aliphatic heterocycles. The molecule has 0 aromatic heterocycles. The predicted molar refractivity (Wildman–Crippen MR) is 76.8 cm³/mol. The number of methoxy groups -OCH3 is 3. The monoisotopic (exact) mass is 308 g/mol. The molecule has 0 saturated carbocycles. The number of fused-ring (bicyclic) bond motifs is 1. The van der Waals surface area contributed by atoms with Gasteiger partial charge in [-0.2, -0.15) is 0 Å². The van der Waals surface area contributed by atoms with Gasteiger partial charge in [0, 0.05) is 19.1 Å². The summed E-state index contributed by atoms with van der Waals surface area (Å²) in [6, 6.07) is 0. The number of carbonyl (C=O) groups excluding carboxylic acids is 3. The van der Waals surface area contributed by atoms with Crippen molar-refractivity contribution >= 4 is 17.5 Å². The number of hydrogen-bond acceptors (Lipinski definition) is 6. The molecule has 0 heterocycles. The molecule has 0 fully saturated rings. The summed E-state index contributed by atoms with van der Waals surface area (Å²) in [6.07, 6.45) is 4.19. The summed E-state index contributed by atoms with van der Waals surface area (Å²) < 4.78 is 15.1. The van der Waals surface area contributed by atoms with Crippen LogP contribution in [0.2, 0.25) is 0 Å². The minimum atomic E-state index is -1.10. The third-order valence-electron chi connectivity index (χ3n) is 4.60. The van der Waals surface area contributed by atoms with E-state index in [0.29, 0.717) is 0 Å². The number of Topliss-reactive ketones (excluding diaryl/α,β-unsaturated/α-hetero) is 1. The molecule has 6 heteroatoms. The molecular formula is C16H20O6. The van der Waals surface area contributed by atoms with Crippen molar-refractivity contribution in [3.05, 3.63) is 24.0 Å². The smallest absolute Gasteiger partial charge is 0.306 e. The first-order valence-corrected chi connectivity index (χ1v) is 7.02. The highest BCUT2D eigenvalue weighted by atomic mass is 16.5. The lowest BCUT2D eigenvalue weighted by Gasteiger charge is -2.46. The molecule has 0 spiro atoms. The Kier molecular flexibility index (Phi) is 4.51. The van der Waals surface area contributed by atoms with E-state index in [4.69, 9.17) is 9.47 Å². The summed E-state index contributed by atoms with van der Waals surface area (Å²) in [4.78, 5) is 36.9. The lowest BCUT2D eigenvalue weighted by atomic mass is 9.57. The van der Waals surface area contributed by atoms with Crippen molar-refractivity contribution in [1.82, 2.24) is 0 Å². The SMILES string of the molecule is COC(=O)CC1C=CC(OC)C2(C)C(=O)C(OC)=CC(=O)C12. The van der Waals surface area contributed by atoms with Gasteiger partial charge in [-0.05, 0) is 12.8 Å². The molecule has 0 aromatic rings. The van der Waals surface area contributed by atoms with Crippen LogP contribution in [0.5, 0.6) is 0 Å². The standard InChI is InChI=1S/C16H20O6/c1-16-12(21-3)6-5-9(7-13(18)22-4)14(16)10(17)8-11(20-2)15(16)19/h5-6,8-9,12,14H,7H2,1-4H3. The number of ketones is 2. The number of allylic oxidation sites excluding steroid dienone is 3. The Morgan fingerprint density at radius 2 is 1.91 bits per heavy atom. The van der Waals surface area contributed by atoms with E-state index in [2.05, 4.69) is 4.74 Å². The van der Waals surface area contributed by atoms with E-state index in [0.717, 1.165) is 0 Å². The van der Waals surface area contributed by atoms with Crippen molar-refractivity contribution in [3.63, 3.8) is 0 Å². The topological polar surface area (TPSA) is 78.9 Å². The highest BCUT2D eigenvalue weighted by molar-refractivity contribution is 6.12. The Balaban J connectivity index is 2.50. The number of ether oxygens (including phenoxy) is 3. The fourth-order valence-electron chi connectivity index (χ4n) is 3.44. The van der Waals surface area contributed by atoms with Crippen LogP contribution in [0.1, 0.15) is 13.3 Å². The zero-order chi connectivity index (χ0) is 16.5. The van der Waals surface area contributed by atoms with Gasteiger partial charge in [0.15, 0.2) is 11.5 Å². The summed E-state index contributed by atoms with van der Waals surface area (Å²) in [6.45, 7) is 1.69. The number of esters is 1. The van der Waals surface area contributed by atoms with Crippen LogP contribution >= 0.6 is 0 Å². The van der Waals surface area contributed by atoms with Gasteiger partial charge in [0.1, 0.15) is 0 Å². The molecule has 0 amide bonds. The Labute approximate surface area is 129 Å². The maximum absolute atomic E-state index is 12.8. The molecule has 0 radical (unpaired) electrons. The maximum Gasteiger partial charge on any atom is 0.306 e. The van der Waals surface area contributed by atoms with Crippen molar-refractivity contribution in [2.24, 2.45) is 17.3 Å². The minimum absolute atomic E-state index is 0.0259. The zero-order valence-electron chi connectivity index (χ0n) is 13.1. The second-order valence-electron chi connectivity index (χ2n) is 5.69. The average Bonchev–Trinajstić information content (AvgIpc) is 2.50. The molecule has 22 heavy (non-hydrogen) atoms. The molecular weight excluding hydrogens is 288 g/mol. The van der Waals surface area contributed by atoms with Crippen LogP contribution in [0.4, 0.5) is 0 Å². The lowest BCUT2D eigenvalue weighted by Crippen LogP contribution is -2.56. The fraction of sp³-hybridized carbons (Fsp3) is 0.562. The van der Waals surface area contributed by atoms with Crippen molar-refractivity contribution in [1.29, 1.82) is 0 Å². The van der Waals surface area contributed by atoms with Crippen molar-refractivity contribution in [3.8, 4) is 0 Å². The normalized spacial score (nSPS) is 34.0. The molecule has 2 aliphatic carbocycles. The molecule has 4 unspecified atom stereocenters. The highest BCUT2D eigenvalue weighted by Crippen LogP contribution is 2.48. The summed E-state index contributed by atoms with van der Waals surface area (Å²) in [7, 11) is 4.14. The van der Waals surface area contributed by atoms with E-state index in [-0.39, 0.29) is 23.7 Å². The van der Waals surface area contributed by atoms with Crippen molar-refractivity contribution in [2.45, 2.75) is 19.4 Å². The van der Waals surface area contributed by atoms with Crippen LogP contribution in [-0.2, 0) is 28.6 Å². The molecule has 0 saturated heterocycles. The van der Waals surface area contributed by atoms with Gasteiger partial charge in [0.05, 0.1) is 32.2 Å². The Bertz CT molecular complexity index is 561. The van der Waals surface area contributed by atoms with Crippen molar-refractivity contribution < 1.29 is 28.6 Å². The van der Waals surface area contributed by atoms with E-state index < -0.39 is 29.3 Å². The first-order chi connectivity index (χ1) is 10.4.